The van der Waals surface area contributed by atoms with Gasteiger partial charge in [-0.2, -0.15) is 0 Å². The first kappa shape index (κ1) is 2.18. The summed E-state index contributed by atoms with van der Waals surface area (Å²) in [5.41, 5.74) is -0.780. The van der Waals surface area contributed by atoms with Crippen molar-refractivity contribution in [2.75, 3.05) is 11.5 Å². The third kappa shape index (κ3) is 0.613. The highest BCUT2D eigenvalue weighted by molar-refractivity contribution is 7.98. The Hall–Kier alpha value is -0.0500. The molecule has 5 heavy (non-hydrogen) atoms. The van der Waals surface area contributed by atoms with E-state index in [1.54, 1.807) is 0 Å². The second kappa shape index (κ2) is 0.544. The van der Waals surface area contributed by atoms with Crippen LogP contribution in [-0.2, 0) is 9.84 Å². The second-order valence-electron chi connectivity index (χ2n) is 0.996. The third-order valence-corrected chi connectivity index (χ3v) is 1.32. The average molecular weight is 93.1 g/mol. The Kier molecular flexibility index (Phi) is 0.237. The molecule has 1 aliphatic heterocycles. The normalized spacial score (nSPS) is 47.2. The maximum absolute atomic E-state index is 9.89. The van der Waals surface area contributed by atoms with Crippen molar-refractivity contribution in [3.63, 3.8) is 0 Å². The molecule has 0 bridgehead atoms. The number of rotatable bonds is 0. The highest BCUT2D eigenvalue weighted by Gasteiger charge is 2.25. The molecular formula is C2H4O2S. The Morgan fingerprint density at radius 2 is 2.00 bits per heavy atom. The summed E-state index contributed by atoms with van der Waals surface area (Å²) in [5.74, 6) is 0.0764. The lowest BCUT2D eigenvalue weighted by Gasteiger charge is -1.46. The van der Waals surface area contributed by atoms with E-state index in [1.165, 1.54) is 0 Å². The molecule has 1 heterocycles. The molecule has 0 N–H and O–H groups in total. The molecule has 1 rings (SSSR count). The average Bonchev–Trinajstić information content (AvgIpc) is 1.73. The van der Waals surface area contributed by atoms with Gasteiger partial charge >= 0.3 is 0 Å². The fourth-order valence-corrected chi connectivity index (χ4v) is 0.500. The summed E-state index contributed by atoms with van der Waals surface area (Å²) in [6.07, 6.45) is 0. The maximum Gasteiger partial charge on any atom is 0.152 e. The zero-order chi connectivity index (χ0) is 4.78. The van der Waals surface area contributed by atoms with Gasteiger partial charge in [0, 0.05) is 1.37 Å². The lowest BCUT2D eigenvalue weighted by atomic mass is 11.0. The van der Waals surface area contributed by atoms with Crippen LogP contribution >= 0.6 is 0 Å². The van der Waals surface area contributed by atoms with Crippen LogP contribution in [-0.4, -0.2) is 19.9 Å². The smallest absolute Gasteiger partial charge is 0.152 e. The van der Waals surface area contributed by atoms with Crippen molar-refractivity contribution in [2.24, 2.45) is 0 Å². The predicted molar refractivity (Wildman–Crippen MR) is 18.7 cm³/mol. The van der Waals surface area contributed by atoms with Crippen LogP contribution < -0.4 is 0 Å². The van der Waals surface area contributed by atoms with Crippen molar-refractivity contribution in [3.8, 4) is 0 Å². The summed E-state index contributed by atoms with van der Waals surface area (Å²) in [6, 6.07) is 0. The second-order valence-corrected chi connectivity index (χ2v) is 2.99. The van der Waals surface area contributed by atoms with E-state index in [-0.39, 0.29) is 5.75 Å². The molecule has 0 aliphatic carbocycles. The fraction of sp³-hybridized carbons (Fsp3) is 1.00. The summed E-state index contributed by atoms with van der Waals surface area (Å²) in [5, 5.41) is 0. The minimum absolute atomic E-state index is 0.0764. The predicted octanol–water partition coefficient (Wildman–Crippen LogP) is -0.585. The van der Waals surface area contributed by atoms with Crippen LogP contribution in [0.15, 0.2) is 0 Å². The van der Waals surface area contributed by atoms with Crippen molar-refractivity contribution in [2.45, 2.75) is 0 Å². The molecule has 3 heteroatoms. The highest BCUT2D eigenvalue weighted by Crippen LogP contribution is 2.04. The third-order valence-electron chi connectivity index (χ3n) is 0.439. The Labute approximate surface area is 32.1 Å². The summed E-state index contributed by atoms with van der Waals surface area (Å²) < 4.78 is 26.3. The molecule has 0 aromatic carbocycles. The molecule has 1 atom stereocenters. The molecule has 1 fully saturated rings. The van der Waals surface area contributed by atoms with Gasteiger partial charge in [0.1, 0.15) is 0 Å². The molecule has 1 aliphatic rings. The molecule has 0 amide bonds. The standard InChI is InChI=1S/C2H4O2S/c3-5(4)1-2-5/h1-2H2/i1D. The monoisotopic (exact) mass is 93.0 g/mol. The lowest BCUT2D eigenvalue weighted by molar-refractivity contribution is 0.615. The molecular weight excluding hydrogens is 88.1 g/mol. The van der Waals surface area contributed by atoms with Crippen molar-refractivity contribution in [1.29, 1.82) is 0 Å². The highest BCUT2D eigenvalue weighted by atomic mass is 32.2. The van der Waals surface area contributed by atoms with Gasteiger partial charge in [-0.15, -0.1) is 0 Å². The van der Waals surface area contributed by atoms with E-state index in [0.29, 0.717) is 0 Å². The van der Waals surface area contributed by atoms with Gasteiger partial charge in [0.15, 0.2) is 9.84 Å². The molecule has 2 nitrogen and oxygen atoms in total. The largest absolute Gasteiger partial charge is 0.229 e. The number of sulfone groups is 1. The molecule has 0 spiro atoms. The quantitative estimate of drug-likeness (QED) is 0.375. The van der Waals surface area contributed by atoms with Gasteiger partial charge in [-0.25, -0.2) is 8.42 Å². The van der Waals surface area contributed by atoms with Gasteiger partial charge in [0.25, 0.3) is 0 Å². The van der Waals surface area contributed by atoms with E-state index in [9.17, 15) is 8.42 Å². The molecule has 1 saturated heterocycles. The molecule has 0 radical (unpaired) electrons. The van der Waals surface area contributed by atoms with E-state index >= 15 is 0 Å². The maximum atomic E-state index is 9.89. The summed E-state index contributed by atoms with van der Waals surface area (Å²) in [7, 11) is -2.83. The molecule has 30 valence electrons. The first-order chi connectivity index (χ1) is 2.63. The lowest BCUT2D eigenvalue weighted by Crippen LogP contribution is -1.61. The van der Waals surface area contributed by atoms with Crippen LogP contribution in [0.25, 0.3) is 0 Å². The summed E-state index contributed by atoms with van der Waals surface area (Å²) >= 11 is 0. The van der Waals surface area contributed by atoms with Gasteiger partial charge in [-0.05, 0) is 0 Å². The van der Waals surface area contributed by atoms with E-state index in [4.69, 9.17) is 1.37 Å². The van der Waals surface area contributed by atoms with Crippen LogP contribution in [0.3, 0.4) is 0 Å². The fourth-order valence-electron chi connectivity index (χ4n) is 0.0556. The van der Waals surface area contributed by atoms with Gasteiger partial charge in [-0.1, -0.05) is 0 Å². The summed E-state index contributed by atoms with van der Waals surface area (Å²) in [4.78, 5) is 0. The summed E-state index contributed by atoms with van der Waals surface area (Å²) in [6.45, 7) is 0. The Bertz CT molecular complexity index is 147. The van der Waals surface area contributed by atoms with E-state index in [0.717, 1.165) is 0 Å². The van der Waals surface area contributed by atoms with Gasteiger partial charge in [0.2, 0.25) is 0 Å². The van der Waals surface area contributed by atoms with E-state index < -0.39 is 15.6 Å². The molecule has 0 aromatic rings. The van der Waals surface area contributed by atoms with Crippen LogP contribution in [0, 0.1) is 0 Å². The zero-order valence-corrected chi connectivity index (χ0v) is 3.33. The van der Waals surface area contributed by atoms with Gasteiger partial charge in [-0.3, -0.25) is 0 Å². The van der Waals surface area contributed by atoms with Crippen LogP contribution in [0.4, 0.5) is 0 Å². The SMILES string of the molecule is [2H]C1CS1(=O)=O. The number of hydrogen-bond acceptors (Lipinski definition) is 2. The van der Waals surface area contributed by atoms with E-state index in [2.05, 4.69) is 0 Å². The number of hydrogen-bond donors (Lipinski definition) is 0. The topological polar surface area (TPSA) is 34.1 Å². The van der Waals surface area contributed by atoms with Gasteiger partial charge in [0.05, 0.1) is 11.5 Å². The van der Waals surface area contributed by atoms with Crippen molar-refractivity contribution in [1.82, 2.24) is 0 Å². The molecule has 0 aromatic heterocycles. The van der Waals surface area contributed by atoms with Crippen LogP contribution in [0.2, 0.25) is 0 Å². The van der Waals surface area contributed by atoms with Crippen LogP contribution in [0.5, 0.6) is 0 Å². The van der Waals surface area contributed by atoms with Crippen LogP contribution in [0.1, 0.15) is 1.37 Å². The first-order valence-corrected chi connectivity index (χ1v) is 2.98. The molecule has 0 saturated carbocycles. The molecule has 1 unspecified atom stereocenters. The van der Waals surface area contributed by atoms with Gasteiger partial charge < -0.3 is 0 Å². The Balaban J connectivity index is 2.92. The first-order valence-electron chi connectivity index (χ1n) is 1.84. The van der Waals surface area contributed by atoms with Crippen molar-refractivity contribution in [3.05, 3.63) is 0 Å². The minimum atomic E-state index is -2.83. The Morgan fingerprint density at radius 1 is 1.80 bits per heavy atom. The Morgan fingerprint density at radius 3 is 2.00 bits per heavy atom. The van der Waals surface area contributed by atoms with Crippen molar-refractivity contribution >= 4 is 9.84 Å². The van der Waals surface area contributed by atoms with Crippen molar-refractivity contribution < 1.29 is 9.79 Å². The minimum Gasteiger partial charge on any atom is -0.229 e. The van der Waals surface area contributed by atoms with E-state index in [1.807, 2.05) is 0 Å². The zero-order valence-electron chi connectivity index (χ0n) is 3.51.